The summed E-state index contributed by atoms with van der Waals surface area (Å²) in [7, 11) is 0. The molecule has 4 nitrogen and oxygen atoms in total. The van der Waals surface area contributed by atoms with E-state index in [0.29, 0.717) is 11.4 Å². The summed E-state index contributed by atoms with van der Waals surface area (Å²) in [4.78, 5) is 14.5. The molecule has 2 aromatic heterocycles. The number of nitrogens with zero attached hydrogens (tertiary/aromatic N) is 1. The van der Waals surface area contributed by atoms with Crippen LogP contribution in [0.25, 0.3) is 0 Å². The van der Waals surface area contributed by atoms with E-state index in [9.17, 15) is 4.79 Å². The number of aryl methyl sites for hydroxylation is 1. The molecule has 0 unspecified atom stereocenters. The molecular formula is C21H18ClN3OS. The van der Waals surface area contributed by atoms with Crippen molar-refractivity contribution in [2.45, 2.75) is 31.6 Å². The Kier molecular flexibility index (Phi) is 3.95. The summed E-state index contributed by atoms with van der Waals surface area (Å²) in [5.74, 6) is 1.17. The highest BCUT2D eigenvalue weighted by molar-refractivity contribution is 7.10. The first-order valence-electron chi connectivity index (χ1n) is 8.99. The van der Waals surface area contributed by atoms with Gasteiger partial charge in [0, 0.05) is 50.7 Å². The van der Waals surface area contributed by atoms with E-state index >= 15 is 0 Å². The zero-order chi connectivity index (χ0) is 18.5. The number of halogens is 1. The van der Waals surface area contributed by atoms with Crippen LogP contribution in [0.2, 0.25) is 5.02 Å². The Morgan fingerprint density at radius 2 is 2.00 bits per heavy atom. The van der Waals surface area contributed by atoms with E-state index in [2.05, 4.69) is 27.0 Å². The van der Waals surface area contributed by atoms with Gasteiger partial charge in [-0.25, -0.2) is 0 Å². The van der Waals surface area contributed by atoms with Gasteiger partial charge in [-0.3, -0.25) is 9.89 Å². The van der Waals surface area contributed by atoms with Gasteiger partial charge in [0.2, 0.25) is 0 Å². The number of Topliss-reactive ketones (excluding diaryl/α,β-unsaturated/α-hetero) is 1. The SMILES string of the molecule is Cc1[nH]nc2c1[C@@H](c1ccc(Cl)cc1)C1=C(C[C@H](c3cccs3)CC1=O)N2. The Morgan fingerprint density at radius 3 is 2.74 bits per heavy atom. The summed E-state index contributed by atoms with van der Waals surface area (Å²) in [6, 6.07) is 12.0. The molecule has 1 aliphatic carbocycles. The number of ketones is 1. The van der Waals surface area contributed by atoms with E-state index in [1.807, 2.05) is 37.3 Å². The molecule has 3 aromatic rings. The number of nitrogens with one attached hydrogen (secondary N) is 2. The number of anilines is 1. The number of thiophene rings is 1. The minimum absolute atomic E-state index is 0.107. The van der Waals surface area contributed by atoms with Gasteiger partial charge in [0.15, 0.2) is 11.6 Å². The topological polar surface area (TPSA) is 57.8 Å². The Labute approximate surface area is 166 Å². The summed E-state index contributed by atoms with van der Waals surface area (Å²) < 4.78 is 0. The average Bonchev–Trinajstić information content (AvgIpc) is 3.31. The van der Waals surface area contributed by atoms with Gasteiger partial charge in [-0.15, -0.1) is 11.3 Å². The highest BCUT2D eigenvalue weighted by Gasteiger charge is 2.40. The van der Waals surface area contributed by atoms with Crippen LogP contribution in [0.5, 0.6) is 0 Å². The van der Waals surface area contributed by atoms with Crippen LogP contribution in [0, 0.1) is 6.92 Å². The van der Waals surface area contributed by atoms with Crippen LogP contribution < -0.4 is 5.32 Å². The predicted molar refractivity (Wildman–Crippen MR) is 109 cm³/mol. The van der Waals surface area contributed by atoms with Crippen LogP contribution >= 0.6 is 22.9 Å². The Hall–Kier alpha value is -2.37. The number of carbonyl (C=O) groups is 1. The number of H-pyrrole nitrogens is 1. The lowest BCUT2D eigenvalue weighted by atomic mass is 9.73. The maximum Gasteiger partial charge on any atom is 0.162 e. The molecule has 2 atom stereocenters. The lowest BCUT2D eigenvalue weighted by molar-refractivity contribution is -0.116. The van der Waals surface area contributed by atoms with E-state index in [0.717, 1.165) is 40.3 Å². The molecule has 0 fully saturated rings. The van der Waals surface area contributed by atoms with Crippen LogP contribution in [0.4, 0.5) is 5.82 Å². The standard InChI is InChI=1S/C21H18ClN3OS/c1-11-18-19(12-4-6-14(22)7-5-12)20-15(23-21(18)25-24-11)9-13(10-16(20)26)17-3-2-8-27-17/h2-8,13,19H,9-10H2,1H3,(H2,23,24,25)/t13-,19+/m0/s1. The molecule has 2 aliphatic rings. The fourth-order valence-corrected chi connectivity index (χ4v) is 5.23. The third-order valence-electron chi connectivity index (χ3n) is 5.50. The van der Waals surface area contributed by atoms with Gasteiger partial charge in [-0.05, 0) is 42.5 Å². The molecule has 3 heterocycles. The van der Waals surface area contributed by atoms with Crippen molar-refractivity contribution < 1.29 is 4.79 Å². The van der Waals surface area contributed by atoms with Gasteiger partial charge in [0.1, 0.15) is 0 Å². The van der Waals surface area contributed by atoms with Gasteiger partial charge >= 0.3 is 0 Å². The second kappa shape index (κ2) is 6.36. The second-order valence-corrected chi connectivity index (χ2v) is 8.57. The van der Waals surface area contributed by atoms with Crippen LogP contribution in [0.3, 0.4) is 0 Å². The molecule has 5 rings (SSSR count). The molecule has 1 aromatic carbocycles. The highest BCUT2D eigenvalue weighted by atomic mass is 35.5. The monoisotopic (exact) mass is 395 g/mol. The van der Waals surface area contributed by atoms with Gasteiger partial charge in [-0.2, -0.15) is 5.10 Å². The van der Waals surface area contributed by atoms with Crippen molar-refractivity contribution in [1.29, 1.82) is 0 Å². The Balaban J connectivity index is 1.64. The Morgan fingerprint density at radius 1 is 1.19 bits per heavy atom. The van der Waals surface area contributed by atoms with Crippen molar-refractivity contribution in [2.75, 3.05) is 5.32 Å². The van der Waals surface area contributed by atoms with Crippen LogP contribution in [0.1, 0.15) is 46.4 Å². The van der Waals surface area contributed by atoms with E-state index in [1.54, 1.807) is 11.3 Å². The van der Waals surface area contributed by atoms with Gasteiger partial charge < -0.3 is 5.32 Å². The van der Waals surface area contributed by atoms with Gasteiger partial charge in [0.05, 0.1) is 0 Å². The molecule has 0 saturated heterocycles. The fourth-order valence-electron chi connectivity index (χ4n) is 4.27. The lowest BCUT2D eigenvalue weighted by Crippen LogP contribution is -2.29. The van der Waals surface area contributed by atoms with Crippen LogP contribution in [-0.4, -0.2) is 16.0 Å². The maximum atomic E-state index is 13.3. The summed E-state index contributed by atoms with van der Waals surface area (Å²) >= 11 is 7.81. The summed E-state index contributed by atoms with van der Waals surface area (Å²) in [5, 5.41) is 13.7. The third-order valence-corrected chi connectivity index (χ3v) is 6.78. The van der Waals surface area contributed by atoms with Crippen LogP contribution in [-0.2, 0) is 4.79 Å². The molecule has 1 aliphatic heterocycles. The van der Waals surface area contributed by atoms with Gasteiger partial charge in [-0.1, -0.05) is 29.8 Å². The largest absolute Gasteiger partial charge is 0.342 e. The van der Waals surface area contributed by atoms with Crippen molar-refractivity contribution in [2.24, 2.45) is 0 Å². The molecular weight excluding hydrogens is 378 g/mol. The number of hydrogen-bond donors (Lipinski definition) is 2. The minimum atomic E-state index is -0.107. The number of aromatic nitrogens is 2. The first-order chi connectivity index (χ1) is 13.1. The number of rotatable bonds is 2. The maximum absolute atomic E-state index is 13.3. The predicted octanol–water partition coefficient (Wildman–Crippen LogP) is 5.39. The molecule has 0 bridgehead atoms. The van der Waals surface area contributed by atoms with Crippen molar-refractivity contribution >= 4 is 34.5 Å². The van der Waals surface area contributed by atoms with Crippen LogP contribution in [0.15, 0.2) is 53.0 Å². The van der Waals surface area contributed by atoms with Crippen molar-refractivity contribution in [1.82, 2.24) is 10.2 Å². The molecule has 27 heavy (non-hydrogen) atoms. The van der Waals surface area contributed by atoms with Crippen molar-refractivity contribution in [3.8, 4) is 0 Å². The Bertz CT molecular complexity index is 1050. The third kappa shape index (κ3) is 2.73. The second-order valence-electron chi connectivity index (χ2n) is 7.16. The molecule has 0 spiro atoms. The molecule has 0 amide bonds. The van der Waals surface area contributed by atoms with Crippen molar-refractivity contribution in [3.05, 3.63) is 79.8 Å². The number of benzene rings is 1. The zero-order valence-corrected chi connectivity index (χ0v) is 16.3. The molecule has 0 radical (unpaired) electrons. The smallest absolute Gasteiger partial charge is 0.162 e. The van der Waals surface area contributed by atoms with E-state index in [-0.39, 0.29) is 17.6 Å². The number of allylic oxidation sites excluding steroid dienone is 2. The lowest BCUT2D eigenvalue weighted by Gasteiger charge is -2.34. The van der Waals surface area contributed by atoms with Gasteiger partial charge in [0.25, 0.3) is 0 Å². The molecule has 136 valence electrons. The normalized spacial score (nSPS) is 21.6. The highest BCUT2D eigenvalue weighted by Crippen LogP contribution is 2.48. The number of hydrogen-bond acceptors (Lipinski definition) is 4. The zero-order valence-electron chi connectivity index (χ0n) is 14.8. The molecule has 0 saturated carbocycles. The van der Waals surface area contributed by atoms with Crippen molar-refractivity contribution in [3.63, 3.8) is 0 Å². The van der Waals surface area contributed by atoms with E-state index in [4.69, 9.17) is 11.6 Å². The van der Waals surface area contributed by atoms with E-state index < -0.39 is 0 Å². The summed E-state index contributed by atoms with van der Waals surface area (Å²) in [6.07, 6.45) is 1.38. The summed E-state index contributed by atoms with van der Waals surface area (Å²) in [6.45, 7) is 2.00. The van der Waals surface area contributed by atoms with E-state index in [1.165, 1.54) is 4.88 Å². The quantitative estimate of drug-likeness (QED) is 0.611. The fraction of sp³-hybridized carbons (Fsp3) is 0.238. The average molecular weight is 396 g/mol. The first-order valence-corrected chi connectivity index (χ1v) is 10.2. The number of carbonyl (C=O) groups excluding carboxylic acids is 1. The summed E-state index contributed by atoms with van der Waals surface area (Å²) in [5.41, 5.74) is 4.99. The minimum Gasteiger partial charge on any atom is -0.342 e. The molecule has 2 N–H and O–H groups in total. The molecule has 6 heteroatoms. The number of fused-ring (bicyclic) bond motifs is 1. The number of aromatic amines is 1. The first kappa shape index (κ1) is 16.8.